The summed E-state index contributed by atoms with van der Waals surface area (Å²) in [4.78, 5) is 11.1. The molecule has 0 spiro atoms. The fourth-order valence-corrected chi connectivity index (χ4v) is 5.13. The van der Waals surface area contributed by atoms with E-state index in [9.17, 15) is 0 Å². The van der Waals surface area contributed by atoms with Crippen LogP contribution in [0.25, 0.3) is 5.69 Å². The van der Waals surface area contributed by atoms with Crippen LogP contribution in [0.4, 0.5) is 5.69 Å². The van der Waals surface area contributed by atoms with Gasteiger partial charge in [0, 0.05) is 36.6 Å². The maximum absolute atomic E-state index is 6.63. The zero-order valence-corrected chi connectivity index (χ0v) is 21.5. The third-order valence-electron chi connectivity index (χ3n) is 6.15. The number of halogens is 1. The van der Waals surface area contributed by atoms with Gasteiger partial charge in [0.15, 0.2) is 5.11 Å². The van der Waals surface area contributed by atoms with E-state index in [1.54, 1.807) is 19.5 Å². The van der Waals surface area contributed by atoms with E-state index < -0.39 is 0 Å². The number of ether oxygens (including phenoxy) is 2. The van der Waals surface area contributed by atoms with Gasteiger partial charge in [-0.15, -0.1) is 0 Å². The lowest BCUT2D eigenvalue weighted by Gasteiger charge is -2.29. The zero-order chi connectivity index (χ0) is 25.1. The summed E-state index contributed by atoms with van der Waals surface area (Å²) in [5, 5.41) is 4.60. The van der Waals surface area contributed by atoms with Crippen molar-refractivity contribution in [3.63, 3.8) is 0 Å². The Morgan fingerprint density at radius 3 is 2.64 bits per heavy atom. The van der Waals surface area contributed by atoms with E-state index in [0.29, 0.717) is 29.1 Å². The van der Waals surface area contributed by atoms with E-state index in [2.05, 4.69) is 43.8 Å². The van der Waals surface area contributed by atoms with Gasteiger partial charge in [0.05, 0.1) is 35.2 Å². The molecule has 4 aromatic rings. The number of aryl methyl sites for hydroxylation is 1. The summed E-state index contributed by atoms with van der Waals surface area (Å²) in [7, 11) is 1.64. The van der Waals surface area contributed by atoms with Gasteiger partial charge in [-0.25, -0.2) is 0 Å². The highest BCUT2D eigenvalue weighted by atomic mass is 35.5. The van der Waals surface area contributed by atoms with Gasteiger partial charge in [-0.05, 0) is 73.7 Å². The Balaban J connectivity index is 1.61. The predicted octanol–water partition coefficient (Wildman–Crippen LogP) is 5.43. The van der Waals surface area contributed by atoms with Crippen molar-refractivity contribution in [1.82, 2.24) is 19.9 Å². The Morgan fingerprint density at radius 2 is 1.92 bits per heavy atom. The SMILES string of the molecule is COCCOc1ccc(N2C(=S)N[C@@H](c3ccccn3)[C@H]2c2ccc(C)n2-c2cccnc2)cc1Cl. The highest BCUT2D eigenvalue weighted by Gasteiger charge is 2.42. The number of hydrogen-bond donors (Lipinski definition) is 1. The number of hydrogen-bond acceptors (Lipinski definition) is 5. The van der Waals surface area contributed by atoms with Gasteiger partial charge in [-0.2, -0.15) is 0 Å². The highest BCUT2D eigenvalue weighted by Crippen LogP contribution is 2.44. The van der Waals surface area contributed by atoms with E-state index in [-0.39, 0.29) is 12.1 Å². The summed E-state index contributed by atoms with van der Waals surface area (Å²) in [6.07, 6.45) is 5.43. The topological polar surface area (TPSA) is 64.4 Å². The minimum atomic E-state index is -0.197. The van der Waals surface area contributed by atoms with Crippen LogP contribution in [0.1, 0.15) is 29.2 Å². The molecular formula is C27H26ClN5O2S. The maximum atomic E-state index is 6.63. The first-order chi connectivity index (χ1) is 17.6. The van der Waals surface area contributed by atoms with Crippen molar-refractivity contribution in [1.29, 1.82) is 0 Å². The number of rotatable bonds is 8. The van der Waals surface area contributed by atoms with Crippen molar-refractivity contribution in [2.45, 2.75) is 19.0 Å². The van der Waals surface area contributed by atoms with Gasteiger partial charge in [0.25, 0.3) is 0 Å². The normalized spacial score (nSPS) is 17.3. The third-order valence-corrected chi connectivity index (χ3v) is 6.76. The lowest BCUT2D eigenvalue weighted by atomic mass is 10.0. The molecule has 9 heteroatoms. The van der Waals surface area contributed by atoms with E-state index in [1.165, 1.54) is 0 Å². The molecule has 0 amide bonds. The van der Waals surface area contributed by atoms with Crippen LogP contribution in [0.15, 0.2) is 79.3 Å². The molecule has 1 N–H and O–H groups in total. The molecule has 0 unspecified atom stereocenters. The molecule has 3 aromatic heterocycles. The molecule has 0 radical (unpaired) electrons. The van der Waals surface area contributed by atoms with Crippen LogP contribution in [-0.2, 0) is 4.74 Å². The number of nitrogens with one attached hydrogen (secondary N) is 1. The average Bonchev–Trinajstić information content (AvgIpc) is 3.45. The molecule has 0 bridgehead atoms. The first-order valence-electron chi connectivity index (χ1n) is 11.6. The molecule has 2 atom stereocenters. The van der Waals surface area contributed by atoms with Crippen LogP contribution in [0.3, 0.4) is 0 Å². The van der Waals surface area contributed by atoms with Crippen molar-refractivity contribution >= 4 is 34.6 Å². The first kappa shape index (κ1) is 24.2. The van der Waals surface area contributed by atoms with Crippen molar-refractivity contribution in [3.8, 4) is 11.4 Å². The van der Waals surface area contributed by atoms with Gasteiger partial charge >= 0.3 is 0 Å². The van der Waals surface area contributed by atoms with Gasteiger partial charge in [-0.3, -0.25) is 9.97 Å². The molecule has 5 rings (SSSR count). The van der Waals surface area contributed by atoms with Gasteiger partial charge in [0.1, 0.15) is 18.4 Å². The summed E-state index contributed by atoms with van der Waals surface area (Å²) >= 11 is 12.5. The number of anilines is 1. The average molecular weight is 520 g/mol. The van der Waals surface area contributed by atoms with E-state index in [0.717, 1.165) is 28.5 Å². The van der Waals surface area contributed by atoms with Crippen molar-refractivity contribution < 1.29 is 9.47 Å². The number of benzene rings is 1. The summed E-state index contributed by atoms with van der Waals surface area (Å²) in [5.74, 6) is 0.600. The van der Waals surface area contributed by atoms with Crippen molar-refractivity contribution in [2.24, 2.45) is 0 Å². The quantitative estimate of drug-likeness (QED) is 0.246. The first-order valence-corrected chi connectivity index (χ1v) is 12.4. The predicted molar refractivity (Wildman–Crippen MR) is 145 cm³/mol. The monoisotopic (exact) mass is 519 g/mol. The number of nitrogens with zero attached hydrogens (tertiary/aromatic N) is 4. The molecule has 4 heterocycles. The molecule has 1 fully saturated rings. The van der Waals surface area contributed by atoms with Crippen molar-refractivity contribution in [3.05, 3.63) is 101 Å². The molecule has 1 aliphatic heterocycles. The van der Waals surface area contributed by atoms with E-state index >= 15 is 0 Å². The minimum Gasteiger partial charge on any atom is -0.490 e. The molecule has 1 aliphatic rings. The Hall–Kier alpha value is -3.46. The number of pyridine rings is 2. The van der Waals surface area contributed by atoms with Crippen LogP contribution < -0.4 is 15.0 Å². The van der Waals surface area contributed by atoms with Crippen LogP contribution in [0.5, 0.6) is 5.75 Å². The summed E-state index contributed by atoms with van der Waals surface area (Å²) in [6.45, 7) is 2.98. The lowest BCUT2D eigenvalue weighted by molar-refractivity contribution is 0.146. The number of aromatic nitrogens is 3. The van der Waals surface area contributed by atoms with Crippen LogP contribution in [0, 0.1) is 6.92 Å². The molecule has 0 saturated carbocycles. The fourth-order valence-electron chi connectivity index (χ4n) is 4.55. The summed E-state index contributed by atoms with van der Waals surface area (Å²) in [6, 6.07) is 19.5. The van der Waals surface area contributed by atoms with Crippen LogP contribution in [0.2, 0.25) is 5.02 Å². The Kier molecular flexibility index (Phi) is 7.18. The second-order valence-electron chi connectivity index (χ2n) is 8.40. The number of methoxy groups -OCH3 is 1. The smallest absolute Gasteiger partial charge is 0.174 e. The third kappa shape index (κ3) is 4.67. The van der Waals surface area contributed by atoms with Crippen molar-refractivity contribution in [2.75, 3.05) is 25.2 Å². The van der Waals surface area contributed by atoms with Gasteiger partial charge < -0.3 is 24.3 Å². The molecule has 184 valence electrons. The Morgan fingerprint density at radius 1 is 1.03 bits per heavy atom. The lowest BCUT2D eigenvalue weighted by Crippen LogP contribution is -2.30. The molecule has 7 nitrogen and oxygen atoms in total. The Labute approximate surface area is 220 Å². The largest absolute Gasteiger partial charge is 0.490 e. The zero-order valence-electron chi connectivity index (χ0n) is 20.0. The minimum absolute atomic E-state index is 0.181. The van der Waals surface area contributed by atoms with Crippen LogP contribution >= 0.6 is 23.8 Å². The summed E-state index contributed by atoms with van der Waals surface area (Å²) in [5.41, 5.74) is 4.88. The van der Waals surface area contributed by atoms with Gasteiger partial charge in [-0.1, -0.05) is 17.7 Å². The Bertz CT molecular complexity index is 1350. The molecular weight excluding hydrogens is 494 g/mol. The summed E-state index contributed by atoms with van der Waals surface area (Å²) < 4.78 is 13.0. The second-order valence-corrected chi connectivity index (χ2v) is 9.19. The van der Waals surface area contributed by atoms with E-state index in [4.69, 9.17) is 33.3 Å². The molecule has 0 aliphatic carbocycles. The number of thiocarbonyl (C=S) groups is 1. The second kappa shape index (κ2) is 10.7. The molecule has 36 heavy (non-hydrogen) atoms. The van der Waals surface area contributed by atoms with Gasteiger partial charge in [0.2, 0.25) is 0 Å². The molecule has 1 saturated heterocycles. The maximum Gasteiger partial charge on any atom is 0.174 e. The fraction of sp³-hybridized carbons (Fsp3) is 0.222. The van der Waals surface area contributed by atoms with E-state index in [1.807, 2.05) is 54.7 Å². The van der Waals surface area contributed by atoms with Crippen LogP contribution in [-0.4, -0.2) is 40.0 Å². The molecule has 1 aromatic carbocycles. The highest BCUT2D eigenvalue weighted by molar-refractivity contribution is 7.80. The standard InChI is InChI=1S/C27H26ClN5O2S/c1-18-8-10-23(32(18)20-6-5-12-29-17-20)26-25(22-7-3-4-13-30-22)31-27(36)33(26)19-9-11-24(21(28)16-19)35-15-14-34-2/h3-13,16-17,25-26H,14-15H2,1-2H3,(H,31,36)/t25-,26+/m0/s1.